The molecule has 190 valence electrons. The van der Waals surface area contributed by atoms with Crippen LogP contribution in [0.1, 0.15) is 11.3 Å². The van der Waals surface area contributed by atoms with E-state index in [0.29, 0.717) is 22.0 Å². The van der Waals surface area contributed by atoms with Crippen LogP contribution in [-0.2, 0) is 21.9 Å². The normalized spacial score (nSPS) is 11.5. The topological polar surface area (TPSA) is 106 Å². The number of rotatable bonds is 8. The van der Waals surface area contributed by atoms with Gasteiger partial charge in [0.15, 0.2) is 0 Å². The second kappa shape index (κ2) is 10.9. The van der Waals surface area contributed by atoms with Crippen molar-refractivity contribution in [2.45, 2.75) is 11.8 Å². The number of sulfonamides is 1. The number of aromatic nitrogens is 2. The Morgan fingerprint density at radius 1 is 1.00 bits per heavy atom. The van der Waals surface area contributed by atoms with Gasteiger partial charge in [-0.25, -0.2) is 22.8 Å². The highest BCUT2D eigenvalue weighted by Crippen LogP contribution is 2.25. The molecule has 0 fully saturated rings. The molecule has 1 heterocycles. The summed E-state index contributed by atoms with van der Waals surface area (Å²) in [4.78, 5) is 26.4. The molecule has 0 unspecified atom stereocenters. The zero-order valence-corrected chi connectivity index (χ0v) is 21.6. The molecule has 0 bridgehead atoms. The lowest BCUT2D eigenvalue weighted by Crippen LogP contribution is -2.42. The van der Waals surface area contributed by atoms with Crippen molar-refractivity contribution in [2.24, 2.45) is 12.1 Å². The maximum Gasteiger partial charge on any atom is 0.296 e. The van der Waals surface area contributed by atoms with Gasteiger partial charge in [-0.15, -0.1) is 0 Å². The summed E-state index contributed by atoms with van der Waals surface area (Å²) < 4.78 is 31.1. The van der Waals surface area contributed by atoms with Crippen molar-refractivity contribution < 1.29 is 13.2 Å². The molecule has 0 saturated carbocycles. The second-order valence-corrected chi connectivity index (χ2v) is 10.3. The van der Waals surface area contributed by atoms with Gasteiger partial charge in [-0.05, 0) is 37.3 Å². The summed E-state index contributed by atoms with van der Waals surface area (Å²) in [5, 5.41) is 4.34. The Hall–Kier alpha value is -4.15. The molecule has 37 heavy (non-hydrogen) atoms. The first kappa shape index (κ1) is 25.9. The number of hydrogen-bond donors (Lipinski definition) is 1. The Morgan fingerprint density at radius 3 is 2.24 bits per heavy atom. The summed E-state index contributed by atoms with van der Waals surface area (Å²) in [7, 11) is -2.64. The molecule has 0 aliphatic rings. The van der Waals surface area contributed by atoms with E-state index in [9.17, 15) is 18.0 Å². The fraction of sp³-hybridized carbons (Fsp3) is 0.115. The van der Waals surface area contributed by atoms with Gasteiger partial charge < -0.3 is 0 Å². The number of amides is 1. The summed E-state index contributed by atoms with van der Waals surface area (Å²) in [5.74, 6) is -0.739. The summed E-state index contributed by atoms with van der Waals surface area (Å²) in [6.07, 6.45) is 1.35. The maximum absolute atomic E-state index is 13.7. The number of anilines is 1. The third-order valence-corrected chi connectivity index (χ3v) is 7.79. The molecule has 4 rings (SSSR count). The Kier molecular flexibility index (Phi) is 7.61. The fourth-order valence-electron chi connectivity index (χ4n) is 3.76. The smallest absolute Gasteiger partial charge is 0.283 e. The highest BCUT2D eigenvalue weighted by Gasteiger charge is 2.33. The number of halogens is 1. The van der Waals surface area contributed by atoms with E-state index in [4.69, 9.17) is 11.6 Å². The van der Waals surface area contributed by atoms with E-state index in [2.05, 4.69) is 10.5 Å². The van der Waals surface area contributed by atoms with Crippen LogP contribution in [0.15, 0.2) is 99.7 Å². The van der Waals surface area contributed by atoms with E-state index in [0.717, 1.165) is 4.31 Å². The lowest BCUT2D eigenvalue weighted by molar-refractivity contribution is -0.119. The molecule has 9 nitrogen and oxygen atoms in total. The van der Waals surface area contributed by atoms with Gasteiger partial charge in [-0.1, -0.05) is 66.2 Å². The van der Waals surface area contributed by atoms with Crippen LogP contribution in [0, 0.1) is 6.92 Å². The van der Waals surface area contributed by atoms with Gasteiger partial charge in [0.25, 0.3) is 21.5 Å². The molecular weight excluding hydrogens is 514 g/mol. The second-order valence-electron chi connectivity index (χ2n) is 8.05. The van der Waals surface area contributed by atoms with Gasteiger partial charge in [-0.2, -0.15) is 5.10 Å². The minimum Gasteiger partial charge on any atom is -0.283 e. The van der Waals surface area contributed by atoms with Crippen LogP contribution >= 0.6 is 11.6 Å². The standard InChI is InChI=1S/C26H24ClN5O4S/c1-19-25(26(34)32(30(19)2)21-12-5-3-6-13-21)31(37(35,36)22-14-7-4-8-15-22)18-24(33)29-28-17-20-11-9-10-16-23(20)27/h3-17H,18H2,1-2H3,(H,29,33)/b28-17+. The number of nitrogens with one attached hydrogen (secondary N) is 1. The van der Waals surface area contributed by atoms with Crippen LogP contribution in [-0.4, -0.2) is 36.4 Å². The quantitative estimate of drug-likeness (QED) is 0.274. The minimum absolute atomic E-state index is 0.0590. The van der Waals surface area contributed by atoms with Crippen LogP contribution in [0.5, 0.6) is 0 Å². The van der Waals surface area contributed by atoms with Gasteiger partial charge >= 0.3 is 0 Å². The number of benzene rings is 3. The van der Waals surface area contributed by atoms with Gasteiger partial charge in [0.1, 0.15) is 12.2 Å². The van der Waals surface area contributed by atoms with E-state index in [1.54, 1.807) is 85.4 Å². The zero-order valence-electron chi connectivity index (χ0n) is 20.1. The number of hydrazone groups is 1. The lowest BCUT2D eigenvalue weighted by atomic mass is 10.2. The fourth-order valence-corrected chi connectivity index (χ4v) is 5.44. The van der Waals surface area contributed by atoms with E-state index in [1.165, 1.54) is 23.0 Å². The highest BCUT2D eigenvalue weighted by atomic mass is 35.5. The minimum atomic E-state index is -4.29. The van der Waals surface area contributed by atoms with Gasteiger partial charge in [0.2, 0.25) is 0 Å². The van der Waals surface area contributed by atoms with Crippen LogP contribution < -0.4 is 15.3 Å². The molecule has 0 aliphatic heterocycles. The van der Waals surface area contributed by atoms with Crippen molar-refractivity contribution >= 4 is 39.4 Å². The number of nitrogens with zero attached hydrogens (tertiary/aromatic N) is 4. The van der Waals surface area contributed by atoms with Crippen molar-refractivity contribution in [1.29, 1.82) is 0 Å². The van der Waals surface area contributed by atoms with Crippen molar-refractivity contribution in [2.75, 3.05) is 10.8 Å². The molecule has 0 saturated heterocycles. The molecule has 1 amide bonds. The average Bonchev–Trinajstić information content (AvgIpc) is 3.12. The Morgan fingerprint density at radius 2 is 1.59 bits per heavy atom. The maximum atomic E-state index is 13.7. The first-order valence-corrected chi connectivity index (χ1v) is 13.0. The Bertz CT molecular complexity index is 1610. The van der Waals surface area contributed by atoms with E-state index < -0.39 is 28.0 Å². The SMILES string of the molecule is Cc1c(N(CC(=O)N/N=C/c2ccccc2Cl)S(=O)(=O)c2ccccc2)c(=O)n(-c2ccccc2)n1C. The third-order valence-electron chi connectivity index (χ3n) is 5.69. The summed E-state index contributed by atoms with van der Waals surface area (Å²) in [5.41, 5.74) is 3.09. The molecule has 11 heteroatoms. The van der Waals surface area contributed by atoms with E-state index in [-0.39, 0.29) is 10.6 Å². The highest BCUT2D eigenvalue weighted by molar-refractivity contribution is 7.92. The molecule has 0 atom stereocenters. The zero-order chi connectivity index (χ0) is 26.6. The van der Waals surface area contributed by atoms with Crippen LogP contribution in [0.2, 0.25) is 5.02 Å². The van der Waals surface area contributed by atoms with Crippen molar-refractivity contribution in [3.8, 4) is 5.69 Å². The molecular formula is C26H24ClN5O4S. The molecule has 0 spiro atoms. The average molecular weight is 538 g/mol. The van der Waals surface area contributed by atoms with Gasteiger partial charge in [-0.3, -0.25) is 14.3 Å². The number of para-hydroxylation sites is 1. The van der Waals surface area contributed by atoms with Crippen molar-refractivity contribution in [1.82, 2.24) is 14.8 Å². The van der Waals surface area contributed by atoms with E-state index in [1.807, 2.05) is 6.07 Å². The van der Waals surface area contributed by atoms with Crippen LogP contribution in [0.4, 0.5) is 5.69 Å². The first-order valence-electron chi connectivity index (χ1n) is 11.2. The molecule has 1 aromatic heterocycles. The summed E-state index contributed by atoms with van der Waals surface area (Å²) in [6.45, 7) is 0.948. The largest absolute Gasteiger partial charge is 0.296 e. The van der Waals surface area contributed by atoms with E-state index >= 15 is 0 Å². The Labute approximate surface area is 219 Å². The monoisotopic (exact) mass is 537 g/mol. The summed E-state index contributed by atoms with van der Waals surface area (Å²) >= 11 is 6.10. The van der Waals surface area contributed by atoms with Crippen molar-refractivity contribution in [3.63, 3.8) is 0 Å². The number of carbonyl (C=O) groups excluding carboxylic acids is 1. The van der Waals surface area contributed by atoms with Crippen LogP contribution in [0.25, 0.3) is 5.69 Å². The predicted octanol–water partition coefficient (Wildman–Crippen LogP) is 3.48. The predicted molar refractivity (Wildman–Crippen MR) is 144 cm³/mol. The van der Waals surface area contributed by atoms with Crippen molar-refractivity contribution in [3.05, 3.63) is 112 Å². The van der Waals surface area contributed by atoms with Gasteiger partial charge in [0, 0.05) is 17.6 Å². The Balaban J connectivity index is 1.75. The number of carbonyl (C=O) groups is 1. The molecule has 0 aliphatic carbocycles. The van der Waals surface area contributed by atoms with Gasteiger partial charge in [0.05, 0.1) is 22.5 Å². The number of hydrogen-bond acceptors (Lipinski definition) is 5. The lowest BCUT2D eigenvalue weighted by Gasteiger charge is -2.22. The van der Waals surface area contributed by atoms with Crippen LogP contribution in [0.3, 0.4) is 0 Å². The molecule has 4 aromatic rings. The molecule has 1 N–H and O–H groups in total. The summed E-state index contributed by atoms with van der Waals surface area (Å²) in [6, 6.07) is 23.4. The molecule has 3 aromatic carbocycles. The molecule has 0 radical (unpaired) electrons. The third kappa shape index (κ3) is 5.35. The first-order chi connectivity index (χ1) is 17.7.